The minimum absolute atomic E-state index is 0.0452. The van der Waals surface area contributed by atoms with Crippen molar-refractivity contribution in [2.24, 2.45) is 0 Å². The summed E-state index contributed by atoms with van der Waals surface area (Å²) in [6.07, 6.45) is 7.92. The standard InChI is InChI=1S/C28H24S/c1-17-8-11-20-21-12-9-18(15-25(21)28(2,3)24(20)14-17)19-10-13-23-22-6-4-5-7-26(22)29-27(23)16-19/h4-5,7-16,22H,6H2,1-3H3. The Hall–Kier alpha value is -2.51. The molecule has 1 heteroatoms. The highest BCUT2D eigenvalue weighted by Gasteiger charge is 2.35. The predicted octanol–water partition coefficient (Wildman–Crippen LogP) is 8.00. The zero-order chi connectivity index (χ0) is 19.8. The van der Waals surface area contributed by atoms with Crippen LogP contribution in [0.5, 0.6) is 0 Å². The Kier molecular flexibility index (Phi) is 3.59. The van der Waals surface area contributed by atoms with E-state index in [9.17, 15) is 0 Å². The Morgan fingerprint density at radius 3 is 2.45 bits per heavy atom. The minimum Gasteiger partial charge on any atom is -0.0936 e. The maximum Gasteiger partial charge on any atom is 0.0199 e. The van der Waals surface area contributed by atoms with Crippen LogP contribution < -0.4 is 0 Å². The van der Waals surface area contributed by atoms with E-state index in [0.29, 0.717) is 5.92 Å². The summed E-state index contributed by atoms with van der Waals surface area (Å²) in [5.41, 5.74) is 11.2. The molecule has 3 aromatic rings. The smallest absolute Gasteiger partial charge is 0.0199 e. The second kappa shape index (κ2) is 6.00. The summed E-state index contributed by atoms with van der Waals surface area (Å²) in [6, 6.07) is 21.1. The van der Waals surface area contributed by atoms with Crippen LogP contribution in [-0.2, 0) is 5.41 Å². The van der Waals surface area contributed by atoms with Crippen molar-refractivity contribution in [1.82, 2.24) is 0 Å². The van der Waals surface area contributed by atoms with Gasteiger partial charge in [-0.3, -0.25) is 0 Å². The van der Waals surface area contributed by atoms with Gasteiger partial charge in [0.1, 0.15) is 0 Å². The lowest BCUT2D eigenvalue weighted by molar-refractivity contribution is 0.660. The molecule has 0 nitrogen and oxygen atoms in total. The Balaban J connectivity index is 1.44. The van der Waals surface area contributed by atoms with Crippen molar-refractivity contribution in [2.75, 3.05) is 0 Å². The van der Waals surface area contributed by atoms with Crippen LogP contribution in [0.2, 0.25) is 0 Å². The van der Waals surface area contributed by atoms with Crippen molar-refractivity contribution in [1.29, 1.82) is 0 Å². The molecule has 0 radical (unpaired) electrons. The first-order valence-corrected chi connectivity index (χ1v) is 11.3. The van der Waals surface area contributed by atoms with Crippen molar-refractivity contribution in [3.05, 3.63) is 100.0 Å². The van der Waals surface area contributed by atoms with Gasteiger partial charge in [-0.2, -0.15) is 0 Å². The molecule has 1 aliphatic heterocycles. The number of hydrogen-bond donors (Lipinski definition) is 0. The molecule has 29 heavy (non-hydrogen) atoms. The fraction of sp³-hybridized carbons (Fsp3) is 0.214. The van der Waals surface area contributed by atoms with Crippen LogP contribution in [0.1, 0.15) is 48.4 Å². The largest absolute Gasteiger partial charge is 0.0936 e. The van der Waals surface area contributed by atoms with Crippen molar-refractivity contribution in [3.8, 4) is 22.3 Å². The minimum atomic E-state index is 0.0452. The molecule has 1 heterocycles. The molecule has 1 atom stereocenters. The van der Waals surface area contributed by atoms with Gasteiger partial charge < -0.3 is 0 Å². The van der Waals surface area contributed by atoms with Crippen LogP contribution in [0, 0.1) is 6.92 Å². The van der Waals surface area contributed by atoms with E-state index in [1.54, 1.807) is 0 Å². The molecule has 0 fully saturated rings. The number of thioether (sulfide) groups is 1. The number of benzene rings is 3. The van der Waals surface area contributed by atoms with E-state index in [4.69, 9.17) is 0 Å². The van der Waals surface area contributed by atoms with Crippen LogP contribution in [0.25, 0.3) is 22.3 Å². The van der Waals surface area contributed by atoms with Crippen LogP contribution in [0.4, 0.5) is 0 Å². The van der Waals surface area contributed by atoms with Gasteiger partial charge in [-0.15, -0.1) is 0 Å². The molecule has 6 rings (SSSR count). The van der Waals surface area contributed by atoms with Crippen LogP contribution in [0.15, 0.2) is 82.6 Å². The summed E-state index contributed by atoms with van der Waals surface area (Å²) in [5.74, 6) is 0.575. The SMILES string of the molecule is Cc1ccc2c(c1)C(C)(C)c1cc(-c3ccc4c(c3)SC3=CC=CCC34)ccc1-2. The van der Waals surface area contributed by atoms with E-state index in [1.807, 2.05) is 11.8 Å². The fourth-order valence-corrected chi connectivity index (χ4v) is 6.52. The fourth-order valence-electron chi connectivity index (χ4n) is 5.24. The molecule has 0 saturated heterocycles. The van der Waals surface area contributed by atoms with Gasteiger partial charge in [0.05, 0.1) is 0 Å². The molecule has 142 valence electrons. The number of aryl methyl sites for hydroxylation is 1. The summed E-state index contributed by atoms with van der Waals surface area (Å²) in [7, 11) is 0. The summed E-state index contributed by atoms with van der Waals surface area (Å²) in [5, 5.41) is 0. The zero-order valence-corrected chi connectivity index (χ0v) is 17.9. The van der Waals surface area contributed by atoms with E-state index in [-0.39, 0.29) is 5.41 Å². The molecule has 0 spiro atoms. The Bertz CT molecular complexity index is 1240. The molecular weight excluding hydrogens is 368 g/mol. The van der Waals surface area contributed by atoms with Gasteiger partial charge >= 0.3 is 0 Å². The first kappa shape index (κ1) is 17.4. The van der Waals surface area contributed by atoms with E-state index >= 15 is 0 Å². The van der Waals surface area contributed by atoms with Gasteiger partial charge in [0, 0.05) is 16.2 Å². The molecule has 0 bridgehead atoms. The number of hydrogen-bond acceptors (Lipinski definition) is 1. The van der Waals surface area contributed by atoms with Gasteiger partial charge in [-0.05, 0) is 69.3 Å². The highest BCUT2D eigenvalue weighted by atomic mass is 32.2. The van der Waals surface area contributed by atoms with Gasteiger partial charge in [0.2, 0.25) is 0 Å². The van der Waals surface area contributed by atoms with Crippen molar-refractivity contribution in [3.63, 3.8) is 0 Å². The number of allylic oxidation sites excluding steroid dienone is 4. The third-order valence-corrected chi connectivity index (χ3v) is 8.12. The summed E-state index contributed by atoms with van der Waals surface area (Å²) in [4.78, 5) is 2.93. The molecule has 2 aliphatic carbocycles. The van der Waals surface area contributed by atoms with Crippen molar-refractivity contribution in [2.45, 2.75) is 43.4 Å². The van der Waals surface area contributed by atoms with Crippen molar-refractivity contribution < 1.29 is 0 Å². The molecule has 0 N–H and O–H groups in total. The van der Waals surface area contributed by atoms with Gasteiger partial charge in [-0.1, -0.05) is 91.9 Å². The first-order valence-electron chi connectivity index (χ1n) is 10.5. The number of rotatable bonds is 1. The van der Waals surface area contributed by atoms with E-state index < -0.39 is 0 Å². The molecule has 3 aliphatic rings. The van der Waals surface area contributed by atoms with Gasteiger partial charge in [0.15, 0.2) is 0 Å². The van der Waals surface area contributed by atoms with Crippen LogP contribution in [0.3, 0.4) is 0 Å². The Morgan fingerprint density at radius 2 is 1.59 bits per heavy atom. The summed E-state index contributed by atoms with van der Waals surface area (Å²) in [6.45, 7) is 6.92. The van der Waals surface area contributed by atoms with E-state index in [2.05, 4.69) is 93.6 Å². The molecule has 3 aromatic carbocycles. The zero-order valence-electron chi connectivity index (χ0n) is 17.1. The van der Waals surface area contributed by atoms with Gasteiger partial charge in [0.25, 0.3) is 0 Å². The second-order valence-corrected chi connectivity index (χ2v) is 10.2. The normalized spacial score (nSPS) is 20.0. The molecule has 0 saturated carbocycles. The molecule has 1 unspecified atom stereocenters. The predicted molar refractivity (Wildman–Crippen MR) is 125 cm³/mol. The Labute approximate surface area is 177 Å². The van der Waals surface area contributed by atoms with E-state index in [1.165, 1.54) is 54.3 Å². The quantitative estimate of drug-likeness (QED) is 0.404. The van der Waals surface area contributed by atoms with Gasteiger partial charge in [-0.25, -0.2) is 0 Å². The third kappa shape index (κ3) is 2.47. The lowest BCUT2D eigenvalue weighted by Crippen LogP contribution is -2.15. The summed E-state index contributed by atoms with van der Waals surface area (Å²) < 4.78 is 0. The number of fused-ring (bicyclic) bond motifs is 6. The van der Waals surface area contributed by atoms with Crippen LogP contribution >= 0.6 is 11.8 Å². The Morgan fingerprint density at radius 1 is 0.862 bits per heavy atom. The first-order chi connectivity index (χ1) is 14.0. The average molecular weight is 393 g/mol. The monoisotopic (exact) mass is 392 g/mol. The average Bonchev–Trinajstić information content (AvgIpc) is 3.20. The maximum atomic E-state index is 2.43. The highest BCUT2D eigenvalue weighted by molar-refractivity contribution is 8.03. The second-order valence-electron chi connectivity index (χ2n) is 9.07. The topological polar surface area (TPSA) is 0 Å². The highest BCUT2D eigenvalue weighted by Crippen LogP contribution is 2.53. The third-order valence-electron chi connectivity index (χ3n) is 6.89. The van der Waals surface area contributed by atoms with Crippen molar-refractivity contribution >= 4 is 11.8 Å². The maximum absolute atomic E-state index is 2.43. The lowest BCUT2D eigenvalue weighted by Gasteiger charge is -2.22. The molecular formula is C28H24S. The molecule has 0 amide bonds. The van der Waals surface area contributed by atoms with E-state index in [0.717, 1.165) is 6.42 Å². The van der Waals surface area contributed by atoms with Crippen LogP contribution in [-0.4, -0.2) is 0 Å². The molecule has 0 aromatic heterocycles. The summed E-state index contributed by atoms with van der Waals surface area (Å²) >= 11 is 1.96. The lowest BCUT2D eigenvalue weighted by atomic mass is 9.81.